The maximum Gasteiger partial charge on any atom is 0.0766 e. The summed E-state index contributed by atoms with van der Waals surface area (Å²) in [6.45, 7) is 8.64. The van der Waals surface area contributed by atoms with Gasteiger partial charge in [0.05, 0.1) is 5.60 Å². The van der Waals surface area contributed by atoms with Crippen LogP contribution in [0.15, 0.2) is 28.7 Å². The van der Waals surface area contributed by atoms with E-state index in [2.05, 4.69) is 40.3 Å². The normalized spacial score (nSPS) is 16.9. The van der Waals surface area contributed by atoms with E-state index in [1.165, 1.54) is 5.56 Å². The van der Waals surface area contributed by atoms with E-state index < -0.39 is 5.60 Å². The number of benzene rings is 1. The van der Waals surface area contributed by atoms with Crippen molar-refractivity contribution in [2.24, 2.45) is 5.92 Å². The van der Waals surface area contributed by atoms with Gasteiger partial charge in [-0.3, -0.25) is 0 Å². The quantitative estimate of drug-likeness (QED) is 0.872. The summed E-state index contributed by atoms with van der Waals surface area (Å²) in [5.74, 6) is 0.240. The Morgan fingerprint density at radius 3 is 2.53 bits per heavy atom. The first kappa shape index (κ1) is 14.7. The Morgan fingerprint density at radius 2 is 2.00 bits per heavy atom. The lowest BCUT2D eigenvalue weighted by Gasteiger charge is -2.29. The summed E-state index contributed by atoms with van der Waals surface area (Å²) in [6, 6.07) is 8.46. The lowest BCUT2D eigenvalue weighted by atomic mass is 9.92. The van der Waals surface area contributed by atoms with Crippen LogP contribution in [0.4, 0.5) is 0 Å². The Bertz CT molecular complexity index is 363. The van der Waals surface area contributed by atoms with Gasteiger partial charge in [-0.1, -0.05) is 41.9 Å². The van der Waals surface area contributed by atoms with Crippen molar-refractivity contribution in [3.63, 3.8) is 0 Å². The largest absolute Gasteiger partial charge is 0.389 e. The molecule has 1 aromatic rings. The summed E-state index contributed by atoms with van der Waals surface area (Å²) in [4.78, 5) is 0. The highest BCUT2D eigenvalue weighted by Gasteiger charge is 2.25. The van der Waals surface area contributed by atoms with Gasteiger partial charge in [0.15, 0.2) is 0 Å². The molecule has 0 radical (unpaired) electrons. The Labute approximate surface area is 113 Å². The SMILES string of the molecule is CC(C)C(C)(O)CN[C@H](C)c1cccc(Br)c1. The van der Waals surface area contributed by atoms with Crippen LogP contribution in [0.5, 0.6) is 0 Å². The maximum atomic E-state index is 10.2. The van der Waals surface area contributed by atoms with Crippen LogP contribution >= 0.6 is 15.9 Å². The first-order chi connectivity index (χ1) is 7.83. The van der Waals surface area contributed by atoms with E-state index in [0.717, 1.165) is 4.47 Å². The van der Waals surface area contributed by atoms with Crippen LogP contribution in [-0.4, -0.2) is 17.3 Å². The minimum atomic E-state index is -0.666. The zero-order valence-electron chi connectivity index (χ0n) is 11.0. The number of aliphatic hydroxyl groups is 1. The van der Waals surface area contributed by atoms with Gasteiger partial charge in [0.1, 0.15) is 0 Å². The molecule has 0 aliphatic rings. The van der Waals surface area contributed by atoms with Gasteiger partial charge in [0.2, 0.25) is 0 Å². The van der Waals surface area contributed by atoms with Gasteiger partial charge in [-0.2, -0.15) is 0 Å². The van der Waals surface area contributed by atoms with E-state index in [4.69, 9.17) is 0 Å². The molecule has 96 valence electrons. The van der Waals surface area contributed by atoms with E-state index in [1.807, 2.05) is 32.9 Å². The van der Waals surface area contributed by atoms with E-state index in [0.29, 0.717) is 6.54 Å². The fourth-order valence-electron chi connectivity index (χ4n) is 1.46. The summed E-state index contributed by atoms with van der Waals surface area (Å²) in [5, 5.41) is 13.5. The molecular formula is C14H22BrNO. The minimum Gasteiger partial charge on any atom is -0.389 e. The third-order valence-corrected chi connectivity index (χ3v) is 3.85. The summed E-state index contributed by atoms with van der Waals surface area (Å²) in [5.41, 5.74) is 0.555. The molecule has 0 heterocycles. The third kappa shape index (κ3) is 4.41. The second-order valence-electron chi connectivity index (χ2n) is 5.17. The highest BCUT2D eigenvalue weighted by atomic mass is 79.9. The first-order valence-electron chi connectivity index (χ1n) is 6.04. The Hall–Kier alpha value is -0.380. The molecule has 0 fully saturated rings. The Balaban J connectivity index is 2.59. The molecular weight excluding hydrogens is 278 g/mol. The van der Waals surface area contributed by atoms with Crippen LogP contribution < -0.4 is 5.32 Å². The van der Waals surface area contributed by atoms with Gasteiger partial charge >= 0.3 is 0 Å². The van der Waals surface area contributed by atoms with Gasteiger partial charge in [0.25, 0.3) is 0 Å². The average Bonchev–Trinajstić information content (AvgIpc) is 2.25. The molecule has 2 atom stereocenters. The van der Waals surface area contributed by atoms with Gasteiger partial charge in [0, 0.05) is 17.1 Å². The van der Waals surface area contributed by atoms with E-state index in [-0.39, 0.29) is 12.0 Å². The van der Waals surface area contributed by atoms with E-state index >= 15 is 0 Å². The van der Waals surface area contributed by atoms with Crippen molar-refractivity contribution in [3.05, 3.63) is 34.3 Å². The molecule has 2 N–H and O–H groups in total. The predicted molar refractivity (Wildman–Crippen MR) is 76.0 cm³/mol. The van der Waals surface area contributed by atoms with Gasteiger partial charge in [-0.25, -0.2) is 0 Å². The maximum absolute atomic E-state index is 10.2. The van der Waals surface area contributed by atoms with E-state index in [1.54, 1.807) is 0 Å². The molecule has 0 aliphatic heterocycles. The van der Waals surface area contributed by atoms with Crippen molar-refractivity contribution in [1.82, 2.24) is 5.32 Å². The number of rotatable bonds is 5. The number of nitrogens with one attached hydrogen (secondary N) is 1. The molecule has 0 aliphatic carbocycles. The molecule has 0 amide bonds. The van der Waals surface area contributed by atoms with Crippen molar-refractivity contribution in [2.45, 2.75) is 39.3 Å². The zero-order chi connectivity index (χ0) is 13.1. The summed E-state index contributed by atoms with van der Waals surface area (Å²) < 4.78 is 1.08. The third-order valence-electron chi connectivity index (χ3n) is 3.36. The van der Waals surface area contributed by atoms with Crippen molar-refractivity contribution >= 4 is 15.9 Å². The van der Waals surface area contributed by atoms with Crippen LogP contribution in [0.1, 0.15) is 39.3 Å². The zero-order valence-corrected chi connectivity index (χ0v) is 12.6. The molecule has 2 nitrogen and oxygen atoms in total. The molecule has 0 bridgehead atoms. The smallest absolute Gasteiger partial charge is 0.0766 e. The Kier molecular flexibility index (Phi) is 5.17. The highest BCUT2D eigenvalue weighted by Crippen LogP contribution is 2.20. The van der Waals surface area contributed by atoms with Gasteiger partial charge < -0.3 is 10.4 Å². The fraction of sp³-hybridized carbons (Fsp3) is 0.571. The number of hydrogen-bond acceptors (Lipinski definition) is 2. The van der Waals surface area contributed by atoms with Crippen LogP contribution in [0.25, 0.3) is 0 Å². The van der Waals surface area contributed by atoms with Crippen LogP contribution in [-0.2, 0) is 0 Å². The van der Waals surface area contributed by atoms with Gasteiger partial charge in [-0.05, 0) is 37.5 Å². The van der Waals surface area contributed by atoms with Crippen LogP contribution in [0, 0.1) is 5.92 Å². The van der Waals surface area contributed by atoms with Crippen LogP contribution in [0.2, 0.25) is 0 Å². The van der Waals surface area contributed by atoms with Gasteiger partial charge in [-0.15, -0.1) is 0 Å². The molecule has 17 heavy (non-hydrogen) atoms. The summed E-state index contributed by atoms with van der Waals surface area (Å²) >= 11 is 3.47. The fourth-order valence-corrected chi connectivity index (χ4v) is 1.87. The molecule has 0 saturated carbocycles. The predicted octanol–water partition coefficient (Wildman–Crippen LogP) is 3.51. The molecule has 3 heteroatoms. The van der Waals surface area contributed by atoms with Crippen molar-refractivity contribution in [3.8, 4) is 0 Å². The molecule has 0 aromatic heterocycles. The van der Waals surface area contributed by atoms with E-state index in [9.17, 15) is 5.11 Å². The molecule has 1 unspecified atom stereocenters. The van der Waals surface area contributed by atoms with Crippen molar-refractivity contribution in [1.29, 1.82) is 0 Å². The van der Waals surface area contributed by atoms with Crippen molar-refractivity contribution in [2.75, 3.05) is 6.54 Å². The molecule has 1 aromatic carbocycles. The second-order valence-corrected chi connectivity index (χ2v) is 6.09. The van der Waals surface area contributed by atoms with Crippen molar-refractivity contribution < 1.29 is 5.11 Å². The highest BCUT2D eigenvalue weighted by molar-refractivity contribution is 9.10. The molecule has 1 rings (SSSR count). The topological polar surface area (TPSA) is 32.3 Å². The monoisotopic (exact) mass is 299 g/mol. The number of hydrogen-bond donors (Lipinski definition) is 2. The van der Waals surface area contributed by atoms with Crippen LogP contribution in [0.3, 0.4) is 0 Å². The summed E-state index contributed by atoms with van der Waals surface area (Å²) in [7, 11) is 0. The number of halogens is 1. The first-order valence-corrected chi connectivity index (χ1v) is 6.83. The molecule has 0 saturated heterocycles. The average molecular weight is 300 g/mol. The molecule has 0 spiro atoms. The minimum absolute atomic E-state index is 0.234. The lowest BCUT2D eigenvalue weighted by molar-refractivity contribution is 0.0122. The summed E-state index contributed by atoms with van der Waals surface area (Å²) in [6.07, 6.45) is 0. The Morgan fingerprint density at radius 1 is 1.35 bits per heavy atom. The standard InChI is InChI=1S/C14H22BrNO/c1-10(2)14(4,17)9-16-11(3)12-6-5-7-13(15)8-12/h5-8,10-11,16-17H,9H2,1-4H3/t11-,14?/m1/s1. The second kappa shape index (κ2) is 5.98. The lowest BCUT2D eigenvalue weighted by Crippen LogP contribution is -2.42.